The summed E-state index contributed by atoms with van der Waals surface area (Å²) in [6.45, 7) is 4.82. The van der Waals surface area contributed by atoms with Gasteiger partial charge in [0.05, 0.1) is 19.8 Å². The number of hydrogen-bond acceptors (Lipinski definition) is 7. The smallest absolute Gasteiger partial charge is 0.457 e. The van der Waals surface area contributed by atoms with Crippen molar-refractivity contribution in [1.82, 2.24) is 0 Å². The first kappa shape index (κ1) is 62.2. The van der Waals surface area contributed by atoms with Gasteiger partial charge in [-0.2, -0.15) is 0 Å². The molecule has 0 heterocycles. The van der Waals surface area contributed by atoms with E-state index in [9.17, 15) is 14.3 Å². The summed E-state index contributed by atoms with van der Waals surface area (Å²) in [5.74, 6) is -0.346. The highest BCUT2D eigenvalue weighted by Crippen LogP contribution is 2.43. The third-order valence-corrected chi connectivity index (χ3v) is 12.4. The molecular formula is C55H102NO7P. The highest BCUT2D eigenvalue weighted by Gasteiger charge is 2.25. The van der Waals surface area contributed by atoms with E-state index in [1.165, 1.54) is 141 Å². The zero-order valence-electron chi connectivity index (χ0n) is 41.8. The van der Waals surface area contributed by atoms with Gasteiger partial charge in [-0.1, -0.05) is 242 Å². The van der Waals surface area contributed by atoms with Crippen LogP contribution in [0.15, 0.2) is 60.8 Å². The highest BCUT2D eigenvalue weighted by molar-refractivity contribution is 7.47. The maximum absolute atomic E-state index is 12.7. The Bertz CT molecular complexity index is 1170. The Balaban J connectivity index is 3.94. The Hall–Kier alpha value is -1.80. The number of phosphoric ester groups is 1. The molecule has 0 rings (SSSR count). The van der Waals surface area contributed by atoms with E-state index in [2.05, 4.69) is 74.6 Å². The first-order valence-electron chi connectivity index (χ1n) is 26.8. The summed E-state index contributed by atoms with van der Waals surface area (Å²) in [7, 11) is -4.29. The Kier molecular flexibility index (Phi) is 50.7. The number of nitrogens with two attached hydrogens (primary N) is 1. The fourth-order valence-corrected chi connectivity index (χ4v) is 8.32. The standard InChI is InChI=1S/C55H102NO7P/c1-3-5-7-9-11-13-15-17-19-21-23-25-26-27-29-31-33-35-37-39-41-43-45-47-50-60-52-54(53-62-64(58,59)61-51-49-56)63-55(57)48-46-44-42-40-38-36-34-32-30-28-24-22-20-18-16-14-12-10-8-6-4-2/h6,8,12,14,18,20,24,28,32,34,54H,3-5,7,9-11,13,15-17,19,21-23,25-27,29-31,33,35-53,56H2,1-2H3,(H,58,59)/b8-6-,14-12-,20-18-,28-24-,34-32-. The van der Waals surface area contributed by atoms with Gasteiger partial charge in [-0.3, -0.25) is 13.8 Å². The summed E-state index contributed by atoms with van der Waals surface area (Å²) in [5, 5.41) is 0. The largest absolute Gasteiger partial charge is 0.472 e. The van der Waals surface area contributed by atoms with Crippen molar-refractivity contribution in [2.24, 2.45) is 5.73 Å². The van der Waals surface area contributed by atoms with Gasteiger partial charge in [0, 0.05) is 19.6 Å². The van der Waals surface area contributed by atoms with Crippen LogP contribution >= 0.6 is 7.82 Å². The zero-order chi connectivity index (χ0) is 46.5. The minimum atomic E-state index is -4.29. The average molecular weight is 920 g/mol. The first-order chi connectivity index (χ1) is 31.4. The van der Waals surface area contributed by atoms with Crippen LogP contribution in [0.5, 0.6) is 0 Å². The predicted octanol–water partition coefficient (Wildman–Crippen LogP) is 16.9. The van der Waals surface area contributed by atoms with Crippen LogP contribution in [0.1, 0.15) is 245 Å². The average Bonchev–Trinajstić information content (AvgIpc) is 3.29. The number of allylic oxidation sites excluding steroid dienone is 10. The van der Waals surface area contributed by atoms with Crippen molar-refractivity contribution in [2.75, 3.05) is 33.0 Å². The van der Waals surface area contributed by atoms with Gasteiger partial charge in [-0.15, -0.1) is 0 Å². The molecule has 0 aromatic rings. The lowest BCUT2D eigenvalue weighted by molar-refractivity contribution is -0.154. The van der Waals surface area contributed by atoms with Crippen LogP contribution in [-0.2, 0) is 27.9 Å². The number of ether oxygens (including phenoxy) is 2. The van der Waals surface area contributed by atoms with Crippen molar-refractivity contribution in [3.05, 3.63) is 60.8 Å². The Morgan fingerprint density at radius 1 is 0.484 bits per heavy atom. The summed E-state index contributed by atoms with van der Waals surface area (Å²) >= 11 is 0. The van der Waals surface area contributed by atoms with Crippen molar-refractivity contribution in [3.8, 4) is 0 Å². The molecule has 2 unspecified atom stereocenters. The van der Waals surface area contributed by atoms with Gasteiger partial charge in [0.1, 0.15) is 6.10 Å². The lowest BCUT2D eigenvalue weighted by Crippen LogP contribution is -2.28. The monoisotopic (exact) mass is 920 g/mol. The number of unbranched alkanes of at least 4 members (excludes halogenated alkanes) is 28. The van der Waals surface area contributed by atoms with E-state index in [0.29, 0.717) is 13.0 Å². The second kappa shape index (κ2) is 52.2. The van der Waals surface area contributed by atoms with E-state index in [1.54, 1.807) is 0 Å². The molecule has 0 saturated heterocycles. The number of hydrogen-bond donors (Lipinski definition) is 2. The Labute approximate surface area is 395 Å². The second-order valence-electron chi connectivity index (χ2n) is 17.7. The van der Waals surface area contributed by atoms with Gasteiger partial charge in [-0.25, -0.2) is 4.57 Å². The molecule has 64 heavy (non-hydrogen) atoms. The third-order valence-electron chi connectivity index (χ3n) is 11.4. The summed E-state index contributed by atoms with van der Waals surface area (Å²) in [6, 6.07) is 0. The number of carbonyl (C=O) groups is 1. The SMILES string of the molecule is CC/C=C\C/C=C\C/C=C\C/C=C\C/C=C\CCCCCCCC(=O)OC(COCCCCCCCCCCCCCCCCCCCCCCCCCC)COP(=O)(O)OCCN. The molecule has 2 atom stereocenters. The van der Waals surface area contributed by atoms with Gasteiger partial charge in [0.15, 0.2) is 0 Å². The predicted molar refractivity (Wildman–Crippen MR) is 275 cm³/mol. The number of rotatable bonds is 51. The zero-order valence-corrected chi connectivity index (χ0v) is 42.7. The molecule has 0 aliphatic heterocycles. The normalized spacial score (nSPS) is 13.8. The lowest BCUT2D eigenvalue weighted by atomic mass is 10.0. The molecule has 0 bridgehead atoms. The van der Waals surface area contributed by atoms with E-state index in [0.717, 1.165) is 83.5 Å². The molecule has 0 aliphatic carbocycles. The fraction of sp³-hybridized carbons (Fsp3) is 0.800. The molecule has 0 aromatic carbocycles. The van der Waals surface area contributed by atoms with Gasteiger partial charge >= 0.3 is 13.8 Å². The van der Waals surface area contributed by atoms with Crippen LogP contribution in [0.2, 0.25) is 0 Å². The van der Waals surface area contributed by atoms with E-state index < -0.39 is 13.9 Å². The maximum Gasteiger partial charge on any atom is 0.472 e. The number of esters is 1. The van der Waals surface area contributed by atoms with Crippen LogP contribution in [-0.4, -0.2) is 49.9 Å². The topological polar surface area (TPSA) is 117 Å². The van der Waals surface area contributed by atoms with Gasteiger partial charge in [-0.05, 0) is 57.8 Å². The second-order valence-corrected chi connectivity index (χ2v) is 19.2. The highest BCUT2D eigenvalue weighted by atomic mass is 31.2. The lowest BCUT2D eigenvalue weighted by Gasteiger charge is -2.20. The van der Waals surface area contributed by atoms with Gasteiger partial charge in [0.25, 0.3) is 0 Å². The summed E-state index contributed by atoms with van der Waals surface area (Å²) in [4.78, 5) is 22.6. The van der Waals surface area contributed by atoms with E-state index >= 15 is 0 Å². The van der Waals surface area contributed by atoms with Crippen molar-refractivity contribution >= 4 is 13.8 Å². The molecule has 3 N–H and O–H groups in total. The van der Waals surface area contributed by atoms with E-state index in [1.807, 2.05) is 0 Å². The molecule has 8 nitrogen and oxygen atoms in total. The number of phosphoric acid groups is 1. The minimum absolute atomic E-state index is 0.0956. The van der Waals surface area contributed by atoms with Crippen LogP contribution < -0.4 is 5.73 Å². The van der Waals surface area contributed by atoms with Crippen molar-refractivity contribution in [3.63, 3.8) is 0 Å². The third kappa shape index (κ3) is 51.2. The summed E-state index contributed by atoms with van der Waals surface area (Å²) < 4.78 is 33.6. The molecule has 9 heteroatoms. The van der Waals surface area contributed by atoms with E-state index in [4.69, 9.17) is 24.3 Å². The fourth-order valence-electron chi connectivity index (χ4n) is 7.56. The van der Waals surface area contributed by atoms with Crippen molar-refractivity contribution in [2.45, 2.75) is 251 Å². The van der Waals surface area contributed by atoms with Gasteiger partial charge in [0.2, 0.25) is 0 Å². The van der Waals surface area contributed by atoms with Crippen LogP contribution in [0.3, 0.4) is 0 Å². The van der Waals surface area contributed by atoms with Crippen LogP contribution in [0.4, 0.5) is 0 Å². The molecule has 0 spiro atoms. The Morgan fingerprint density at radius 3 is 1.31 bits per heavy atom. The van der Waals surface area contributed by atoms with Crippen molar-refractivity contribution in [1.29, 1.82) is 0 Å². The van der Waals surface area contributed by atoms with Crippen LogP contribution in [0.25, 0.3) is 0 Å². The molecule has 0 aliphatic rings. The molecule has 374 valence electrons. The molecule has 0 amide bonds. The number of carbonyl (C=O) groups excluding carboxylic acids is 1. The molecule has 0 saturated carbocycles. The quantitative estimate of drug-likeness (QED) is 0.0268. The Morgan fingerprint density at radius 2 is 0.875 bits per heavy atom. The van der Waals surface area contributed by atoms with Gasteiger partial charge < -0.3 is 20.1 Å². The minimum Gasteiger partial charge on any atom is -0.457 e. The summed E-state index contributed by atoms with van der Waals surface area (Å²) in [6.07, 6.45) is 65.5. The molecule has 0 radical (unpaired) electrons. The molecule has 0 fully saturated rings. The summed E-state index contributed by atoms with van der Waals surface area (Å²) in [5.41, 5.74) is 5.39. The first-order valence-corrected chi connectivity index (χ1v) is 28.3. The maximum atomic E-state index is 12.7. The van der Waals surface area contributed by atoms with E-state index in [-0.39, 0.29) is 32.3 Å². The molecular weight excluding hydrogens is 818 g/mol. The van der Waals surface area contributed by atoms with Crippen molar-refractivity contribution < 1.29 is 32.8 Å². The molecule has 0 aromatic heterocycles. The van der Waals surface area contributed by atoms with Crippen LogP contribution in [0, 0.1) is 0 Å².